The van der Waals surface area contributed by atoms with Crippen LogP contribution in [0, 0.1) is 6.92 Å². The van der Waals surface area contributed by atoms with Gasteiger partial charge in [0, 0.05) is 12.4 Å². The lowest BCUT2D eigenvalue weighted by molar-refractivity contribution is 0.381. The minimum absolute atomic E-state index is 0.108. The Balaban J connectivity index is 0. The van der Waals surface area contributed by atoms with E-state index in [0.717, 1.165) is 12.2 Å². The van der Waals surface area contributed by atoms with Gasteiger partial charge in [-0.1, -0.05) is 13.3 Å². The third-order valence-electron chi connectivity index (χ3n) is 1.39. The molecule has 0 amide bonds. The maximum Gasteiger partial charge on any atom is 0.394 e. The third-order valence-corrected chi connectivity index (χ3v) is 2.20. The fourth-order valence-corrected chi connectivity index (χ4v) is 1.32. The Hall–Kier alpha value is -1.01. The normalized spacial score (nSPS) is 10.8. The average molecular weight is 318 g/mol. The van der Waals surface area contributed by atoms with Gasteiger partial charge in [-0.2, -0.15) is 16.8 Å². The summed E-state index contributed by atoms with van der Waals surface area (Å²) in [5.74, 6) is 0.860. The number of imidazole rings is 1. The van der Waals surface area contributed by atoms with Gasteiger partial charge in [0.25, 0.3) is 10.1 Å². The molecule has 11 heteroatoms. The van der Waals surface area contributed by atoms with Crippen molar-refractivity contribution in [2.45, 2.75) is 26.7 Å². The summed E-state index contributed by atoms with van der Waals surface area (Å²) in [6.45, 7) is 3.78. The topological polar surface area (TPSA) is 158 Å². The van der Waals surface area contributed by atoms with Crippen molar-refractivity contribution in [1.82, 2.24) is 9.97 Å². The first kappa shape index (κ1) is 20.3. The lowest BCUT2D eigenvalue weighted by atomic mass is 10.4. The van der Waals surface area contributed by atoms with E-state index in [4.69, 9.17) is 22.1 Å². The van der Waals surface area contributed by atoms with Crippen LogP contribution in [0.25, 0.3) is 0 Å². The summed E-state index contributed by atoms with van der Waals surface area (Å²) in [6, 6.07) is 0. The Bertz CT molecular complexity index is 499. The van der Waals surface area contributed by atoms with Gasteiger partial charge >= 0.3 is 10.4 Å². The number of aromatic amines is 1. The Morgan fingerprint density at radius 1 is 1.21 bits per heavy atom. The van der Waals surface area contributed by atoms with Gasteiger partial charge in [-0.05, 0) is 13.3 Å². The summed E-state index contributed by atoms with van der Waals surface area (Å²) in [7, 11) is -8.35. The molecule has 0 aliphatic carbocycles. The van der Waals surface area contributed by atoms with Crippen molar-refractivity contribution in [3.8, 4) is 0 Å². The van der Waals surface area contributed by atoms with Crippen LogP contribution < -0.4 is 0 Å². The first-order valence-electron chi connectivity index (χ1n) is 5.06. The lowest BCUT2D eigenvalue weighted by Crippen LogP contribution is -2.02. The van der Waals surface area contributed by atoms with Crippen LogP contribution in [-0.2, 0) is 20.5 Å². The van der Waals surface area contributed by atoms with E-state index in [1.165, 1.54) is 0 Å². The number of nitrogens with one attached hydrogen (secondary N) is 1. The number of rotatable bonds is 3. The van der Waals surface area contributed by atoms with Gasteiger partial charge in [0.05, 0.1) is 5.75 Å². The zero-order valence-corrected chi connectivity index (χ0v) is 12.1. The molecule has 0 unspecified atom stereocenters. The second-order valence-electron chi connectivity index (χ2n) is 3.26. The summed E-state index contributed by atoms with van der Waals surface area (Å²) >= 11 is 0. The van der Waals surface area contributed by atoms with E-state index in [9.17, 15) is 8.42 Å². The molecule has 114 valence electrons. The van der Waals surface area contributed by atoms with Crippen molar-refractivity contribution in [1.29, 1.82) is 0 Å². The smallest absolute Gasteiger partial charge is 0.349 e. The second kappa shape index (κ2) is 9.86. The molecular weight excluding hydrogens is 300 g/mol. The van der Waals surface area contributed by atoms with E-state index in [1.807, 2.05) is 13.8 Å². The SMILES string of the molecule is CCCCS(=O)(=O)O.Cc1ncc[nH]1.O=S(=O)(O)O. The van der Waals surface area contributed by atoms with Crippen molar-refractivity contribution >= 4 is 20.5 Å². The standard InChI is InChI=1S/C4H6N2.C4H10O3S.H2O4S/c1-4-5-2-3-6-4;1-2-3-4-8(5,6)7;1-5(2,3)4/h2-3H,1H3,(H,5,6);2-4H2,1H3,(H,5,6,7);(H2,1,2,3,4). The Morgan fingerprint density at radius 3 is 1.79 bits per heavy atom. The predicted molar refractivity (Wildman–Crippen MR) is 68.8 cm³/mol. The molecule has 0 saturated heterocycles. The second-order valence-corrected chi connectivity index (χ2v) is 5.73. The number of H-pyrrole nitrogens is 1. The largest absolute Gasteiger partial charge is 0.394 e. The molecule has 0 bridgehead atoms. The molecule has 0 fully saturated rings. The Kier molecular flexibility index (Phi) is 10.5. The molecule has 0 saturated carbocycles. The van der Waals surface area contributed by atoms with Crippen molar-refractivity contribution in [3.63, 3.8) is 0 Å². The highest BCUT2D eigenvalue weighted by Crippen LogP contribution is 1.90. The highest BCUT2D eigenvalue weighted by atomic mass is 32.3. The van der Waals surface area contributed by atoms with Crippen molar-refractivity contribution in [3.05, 3.63) is 18.2 Å². The number of aromatic nitrogens is 2. The minimum Gasteiger partial charge on any atom is -0.349 e. The fourth-order valence-electron chi connectivity index (χ4n) is 0.671. The number of nitrogens with zero attached hydrogens (tertiary/aromatic N) is 1. The highest BCUT2D eigenvalue weighted by molar-refractivity contribution is 7.85. The van der Waals surface area contributed by atoms with Crippen LogP contribution in [0.4, 0.5) is 0 Å². The predicted octanol–water partition coefficient (Wildman–Crippen LogP) is 0.740. The number of hydrogen-bond acceptors (Lipinski definition) is 5. The fraction of sp³-hybridized carbons (Fsp3) is 0.625. The Labute approximate surface area is 112 Å². The lowest BCUT2D eigenvalue weighted by Gasteiger charge is -1.90. The summed E-state index contributed by atoms with van der Waals surface area (Å²) in [5.41, 5.74) is 0. The van der Waals surface area contributed by atoms with Gasteiger partial charge in [0.15, 0.2) is 0 Å². The van der Waals surface area contributed by atoms with Gasteiger partial charge < -0.3 is 4.98 Å². The van der Waals surface area contributed by atoms with E-state index >= 15 is 0 Å². The van der Waals surface area contributed by atoms with Gasteiger partial charge in [-0.15, -0.1) is 0 Å². The first-order chi connectivity index (χ1) is 8.45. The minimum atomic E-state index is -4.67. The van der Waals surface area contributed by atoms with Crippen LogP contribution in [0.15, 0.2) is 12.4 Å². The average Bonchev–Trinajstić information content (AvgIpc) is 2.63. The third kappa shape index (κ3) is 31.6. The van der Waals surface area contributed by atoms with Crippen LogP contribution >= 0.6 is 0 Å². The molecule has 4 N–H and O–H groups in total. The molecule has 0 spiro atoms. The van der Waals surface area contributed by atoms with Crippen LogP contribution in [0.3, 0.4) is 0 Å². The molecule has 1 aromatic heterocycles. The number of aryl methyl sites for hydroxylation is 1. The first-order valence-corrected chi connectivity index (χ1v) is 8.07. The molecule has 0 atom stereocenters. The summed E-state index contributed by atoms with van der Waals surface area (Å²) in [6.07, 6.45) is 4.86. The molecule has 1 rings (SSSR count). The van der Waals surface area contributed by atoms with Gasteiger partial charge in [-0.25, -0.2) is 4.98 Å². The monoisotopic (exact) mass is 318 g/mol. The van der Waals surface area contributed by atoms with E-state index in [1.54, 1.807) is 12.4 Å². The van der Waals surface area contributed by atoms with Crippen LogP contribution in [0.1, 0.15) is 25.6 Å². The zero-order valence-electron chi connectivity index (χ0n) is 10.5. The van der Waals surface area contributed by atoms with E-state index in [0.29, 0.717) is 6.42 Å². The summed E-state index contributed by atoms with van der Waals surface area (Å²) in [5, 5.41) is 0. The summed E-state index contributed by atoms with van der Waals surface area (Å²) in [4.78, 5) is 6.75. The van der Waals surface area contributed by atoms with Crippen molar-refractivity contribution in [2.24, 2.45) is 0 Å². The Morgan fingerprint density at radius 2 is 1.68 bits per heavy atom. The van der Waals surface area contributed by atoms with E-state index < -0.39 is 20.5 Å². The molecule has 1 heterocycles. The van der Waals surface area contributed by atoms with E-state index in [-0.39, 0.29) is 5.75 Å². The molecular formula is C8H18N2O7S2. The molecule has 1 aromatic rings. The molecule has 0 aliphatic heterocycles. The number of hydrogen-bond donors (Lipinski definition) is 4. The van der Waals surface area contributed by atoms with Gasteiger partial charge in [0.1, 0.15) is 5.82 Å². The molecule has 19 heavy (non-hydrogen) atoms. The maximum atomic E-state index is 9.95. The molecule has 0 aliphatic rings. The quantitative estimate of drug-likeness (QED) is 0.594. The molecule has 9 nitrogen and oxygen atoms in total. The summed E-state index contributed by atoms with van der Waals surface area (Å²) < 4.78 is 59.6. The van der Waals surface area contributed by atoms with Crippen LogP contribution in [-0.4, -0.2) is 46.2 Å². The molecule has 0 aromatic carbocycles. The maximum absolute atomic E-state index is 9.95. The van der Waals surface area contributed by atoms with E-state index in [2.05, 4.69) is 9.97 Å². The number of unbranched alkanes of at least 4 members (excludes halogenated alkanes) is 1. The van der Waals surface area contributed by atoms with Crippen molar-refractivity contribution in [2.75, 3.05) is 5.75 Å². The van der Waals surface area contributed by atoms with Crippen LogP contribution in [0.5, 0.6) is 0 Å². The van der Waals surface area contributed by atoms with Gasteiger partial charge in [0.2, 0.25) is 0 Å². The highest BCUT2D eigenvalue weighted by Gasteiger charge is 2.00. The molecule has 0 radical (unpaired) electrons. The van der Waals surface area contributed by atoms with Crippen molar-refractivity contribution < 1.29 is 30.5 Å². The van der Waals surface area contributed by atoms with Gasteiger partial charge in [-0.3, -0.25) is 13.7 Å². The zero-order chi connectivity index (χ0) is 15.5. The van der Waals surface area contributed by atoms with Crippen LogP contribution in [0.2, 0.25) is 0 Å².